The van der Waals surface area contributed by atoms with Gasteiger partial charge in [-0.25, -0.2) is 0 Å². The molecule has 4 heterocycles. The van der Waals surface area contributed by atoms with Crippen molar-refractivity contribution in [1.82, 2.24) is 14.9 Å². The van der Waals surface area contributed by atoms with Gasteiger partial charge in [0.2, 0.25) is 5.91 Å². The average molecular weight is 324 g/mol. The highest BCUT2D eigenvalue weighted by molar-refractivity contribution is 5.77. The quantitative estimate of drug-likeness (QED) is 0.919. The summed E-state index contributed by atoms with van der Waals surface area (Å²) in [6.07, 6.45) is 4.21. The van der Waals surface area contributed by atoms with E-state index in [1.807, 2.05) is 35.4 Å². The number of pyridine rings is 2. The lowest BCUT2D eigenvalue weighted by Crippen LogP contribution is -2.48. The Hall–Kier alpha value is -2.47. The zero-order chi connectivity index (χ0) is 16.5. The van der Waals surface area contributed by atoms with Gasteiger partial charge in [-0.1, -0.05) is 6.07 Å². The number of aliphatic hydroxyl groups is 1. The number of anilines is 1. The standard InChI is InChI=1S/C18H20N4O2/c23-12-15-4-3-14-10-22(11-17(14)20-15)18(24)6-13-8-21(9-13)16-2-1-5-19-7-16/h1-5,7,13,23H,6,8-12H2. The van der Waals surface area contributed by atoms with Gasteiger partial charge in [0.1, 0.15) is 0 Å². The second kappa shape index (κ2) is 6.20. The number of aliphatic hydroxyl groups excluding tert-OH is 1. The Balaban J connectivity index is 1.31. The molecule has 0 bridgehead atoms. The van der Waals surface area contributed by atoms with E-state index in [1.165, 1.54) is 0 Å². The van der Waals surface area contributed by atoms with Gasteiger partial charge in [-0.3, -0.25) is 14.8 Å². The van der Waals surface area contributed by atoms with Gasteiger partial charge in [-0.2, -0.15) is 0 Å². The highest BCUT2D eigenvalue weighted by Gasteiger charge is 2.32. The number of hydrogen-bond donors (Lipinski definition) is 1. The van der Waals surface area contributed by atoms with Crippen LogP contribution >= 0.6 is 0 Å². The summed E-state index contributed by atoms with van der Waals surface area (Å²) in [4.78, 5) is 25.2. The summed E-state index contributed by atoms with van der Waals surface area (Å²) < 4.78 is 0. The van der Waals surface area contributed by atoms with E-state index in [-0.39, 0.29) is 12.5 Å². The second-order valence-electron chi connectivity index (χ2n) is 6.50. The molecule has 6 heteroatoms. The highest BCUT2D eigenvalue weighted by Crippen LogP contribution is 2.28. The summed E-state index contributed by atoms with van der Waals surface area (Å²) in [5.41, 5.74) is 3.79. The van der Waals surface area contributed by atoms with Crippen molar-refractivity contribution in [2.75, 3.05) is 18.0 Å². The number of carbonyl (C=O) groups excluding carboxylic acids is 1. The number of fused-ring (bicyclic) bond motifs is 1. The predicted molar refractivity (Wildman–Crippen MR) is 89.0 cm³/mol. The molecule has 2 aliphatic heterocycles. The molecule has 0 radical (unpaired) electrons. The molecule has 0 saturated carbocycles. The third-order valence-corrected chi connectivity index (χ3v) is 4.77. The van der Waals surface area contributed by atoms with Crippen molar-refractivity contribution in [3.05, 3.63) is 53.6 Å². The number of hydrogen-bond acceptors (Lipinski definition) is 5. The molecule has 0 atom stereocenters. The number of nitrogens with zero attached hydrogens (tertiary/aromatic N) is 4. The van der Waals surface area contributed by atoms with Gasteiger partial charge in [0.25, 0.3) is 0 Å². The lowest BCUT2D eigenvalue weighted by atomic mass is 9.95. The van der Waals surface area contributed by atoms with E-state index in [2.05, 4.69) is 14.9 Å². The van der Waals surface area contributed by atoms with Gasteiger partial charge in [0, 0.05) is 38.2 Å². The van der Waals surface area contributed by atoms with Crippen molar-refractivity contribution >= 4 is 11.6 Å². The molecule has 2 aromatic heterocycles. The summed E-state index contributed by atoms with van der Waals surface area (Å²) in [7, 11) is 0. The average Bonchev–Trinajstić information content (AvgIpc) is 3.01. The highest BCUT2D eigenvalue weighted by atomic mass is 16.3. The van der Waals surface area contributed by atoms with Gasteiger partial charge >= 0.3 is 0 Å². The van der Waals surface area contributed by atoms with Crippen LogP contribution in [0.4, 0.5) is 5.69 Å². The van der Waals surface area contributed by atoms with Crippen molar-refractivity contribution < 1.29 is 9.90 Å². The van der Waals surface area contributed by atoms with Gasteiger partial charge in [-0.05, 0) is 23.8 Å². The van der Waals surface area contributed by atoms with Crippen LogP contribution in [0, 0.1) is 5.92 Å². The van der Waals surface area contributed by atoms with Gasteiger partial charge < -0.3 is 14.9 Å². The van der Waals surface area contributed by atoms with Crippen molar-refractivity contribution in [2.45, 2.75) is 26.1 Å². The lowest BCUT2D eigenvalue weighted by molar-refractivity contribution is -0.133. The van der Waals surface area contributed by atoms with Gasteiger partial charge in [0.15, 0.2) is 0 Å². The molecule has 0 unspecified atom stereocenters. The molecular formula is C18H20N4O2. The maximum atomic E-state index is 12.5. The van der Waals surface area contributed by atoms with E-state index < -0.39 is 0 Å². The molecule has 124 valence electrons. The first-order valence-electron chi connectivity index (χ1n) is 8.24. The summed E-state index contributed by atoms with van der Waals surface area (Å²) >= 11 is 0. The Morgan fingerprint density at radius 2 is 2.12 bits per heavy atom. The van der Waals surface area contributed by atoms with Crippen LogP contribution in [0.25, 0.3) is 0 Å². The number of rotatable bonds is 4. The molecule has 4 rings (SSSR count). The van der Waals surface area contributed by atoms with Gasteiger partial charge in [0.05, 0.1) is 36.4 Å². The van der Waals surface area contributed by atoms with Crippen LogP contribution in [0.15, 0.2) is 36.7 Å². The van der Waals surface area contributed by atoms with Crippen molar-refractivity contribution in [3.63, 3.8) is 0 Å². The van der Waals surface area contributed by atoms with Crippen molar-refractivity contribution in [1.29, 1.82) is 0 Å². The van der Waals surface area contributed by atoms with Crippen LogP contribution in [-0.2, 0) is 24.5 Å². The summed E-state index contributed by atoms with van der Waals surface area (Å²) in [5, 5.41) is 9.17. The fourth-order valence-electron chi connectivity index (χ4n) is 3.39. The SMILES string of the molecule is O=C(CC1CN(c2cccnc2)C1)N1Cc2ccc(CO)nc2C1. The minimum atomic E-state index is -0.0620. The normalized spacial score (nSPS) is 16.9. The molecule has 1 amide bonds. The van der Waals surface area contributed by atoms with Crippen molar-refractivity contribution in [2.24, 2.45) is 5.92 Å². The van der Waals surface area contributed by atoms with Crippen LogP contribution in [-0.4, -0.2) is 39.0 Å². The summed E-state index contributed by atoms with van der Waals surface area (Å²) in [5.74, 6) is 0.594. The smallest absolute Gasteiger partial charge is 0.223 e. The van der Waals surface area contributed by atoms with Crippen LogP contribution in [0.1, 0.15) is 23.4 Å². The van der Waals surface area contributed by atoms with Gasteiger partial charge in [-0.15, -0.1) is 0 Å². The van der Waals surface area contributed by atoms with Crippen LogP contribution in [0.5, 0.6) is 0 Å². The number of aromatic nitrogens is 2. The first-order valence-corrected chi connectivity index (χ1v) is 8.24. The Morgan fingerprint density at radius 1 is 1.25 bits per heavy atom. The van der Waals surface area contributed by atoms with E-state index in [9.17, 15) is 4.79 Å². The van der Waals surface area contributed by atoms with E-state index in [1.54, 1.807) is 6.20 Å². The number of carbonyl (C=O) groups is 1. The minimum Gasteiger partial charge on any atom is -0.390 e. The molecule has 0 aromatic carbocycles. The van der Waals surface area contributed by atoms with Crippen LogP contribution in [0.3, 0.4) is 0 Å². The molecule has 2 aliphatic rings. The van der Waals surface area contributed by atoms with E-state index >= 15 is 0 Å². The predicted octanol–water partition coefficient (Wildman–Crippen LogP) is 1.34. The monoisotopic (exact) mass is 324 g/mol. The van der Waals surface area contributed by atoms with Crippen molar-refractivity contribution in [3.8, 4) is 0 Å². The molecule has 24 heavy (non-hydrogen) atoms. The second-order valence-corrected chi connectivity index (χ2v) is 6.50. The Kier molecular flexibility index (Phi) is 3.90. The summed E-state index contributed by atoms with van der Waals surface area (Å²) in [6, 6.07) is 7.77. The Morgan fingerprint density at radius 3 is 2.88 bits per heavy atom. The van der Waals surface area contributed by atoms with Crippen LogP contribution in [0.2, 0.25) is 0 Å². The molecule has 0 aliphatic carbocycles. The molecular weight excluding hydrogens is 304 g/mol. The molecule has 0 spiro atoms. The molecule has 2 aromatic rings. The third kappa shape index (κ3) is 2.85. The largest absolute Gasteiger partial charge is 0.390 e. The zero-order valence-corrected chi connectivity index (χ0v) is 13.4. The fraction of sp³-hybridized carbons (Fsp3) is 0.389. The van der Waals surface area contributed by atoms with E-state index in [4.69, 9.17) is 5.11 Å². The maximum absolute atomic E-state index is 12.5. The number of amides is 1. The first-order chi connectivity index (χ1) is 11.7. The molecule has 1 N–H and O–H groups in total. The lowest BCUT2D eigenvalue weighted by Gasteiger charge is -2.41. The van der Waals surface area contributed by atoms with E-state index in [0.29, 0.717) is 31.1 Å². The van der Waals surface area contributed by atoms with E-state index in [0.717, 1.165) is 30.0 Å². The first kappa shape index (κ1) is 15.1. The topological polar surface area (TPSA) is 69.6 Å². The molecule has 1 fully saturated rings. The maximum Gasteiger partial charge on any atom is 0.223 e. The van der Waals surface area contributed by atoms with Crippen LogP contribution < -0.4 is 4.90 Å². The molecule has 1 saturated heterocycles. The third-order valence-electron chi connectivity index (χ3n) is 4.77. The Labute approximate surface area is 140 Å². The zero-order valence-electron chi connectivity index (χ0n) is 13.4. The molecule has 6 nitrogen and oxygen atoms in total. The fourth-order valence-corrected chi connectivity index (χ4v) is 3.39. The minimum absolute atomic E-state index is 0.0620. The Bertz CT molecular complexity index is 744. The summed E-state index contributed by atoms with van der Waals surface area (Å²) in [6.45, 7) is 2.94.